The molecule has 6 heteroatoms. The van der Waals surface area contributed by atoms with Gasteiger partial charge < -0.3 is 5.11 Å². The van der Waals surface area contributed by atoms with Crippen molar-refractivity contribution in [3.8, 4) is 5.69 Å². The Morgan fingerprint density at radius 2 is 2.05 bits per heavy atom. The zero-order chi connectivity index (χ0) is 14.0. The Balaban J connectivity index is 2.63. The van der Waals surface area contributed by atoms with Crippen molar-refractivity contribution in [3.63, 3.8) is 0 Å². The Bertz CT molecular complexity index is 623. The van der Waals surface area contributed by atoms with Gasteiger partial charge in [0.15, 0.2) is 0 Å². The first-order valence-electron chi connectivity index (χ1n) is 5.81. The van der Waals surface area contributed by atoms with Crippen LogP contribution in [0.25, 0.3) is 5.69 Å². The Hall–Kier alpha value is -1.52. The molecule has 2 aromatic rings. The van der Waals surface area contributed by atoms with Crippen LogP contribution in [0.5, 0.6) is 0 Å². The molecule has 1 N–H and O–H groups in total. The first-order valence-corrected chi connectivity index (χ1v) is 6.57. The minimum absolute atomic E-state index is 0.0448. The number of aryl methyl sites for hydroxylation is 1. The molecule has 4 nitrogen and oxygen atoms in total. The summed E-state index contributed by atoms with van der Waals surface area (Å²) in [5.41, 5.74) is 1.09. The number of carboxylic acid groups (broad SMARTS) is 1. The molecule has 0 radical (unpaired) electrons. The van der Waals surface area contributed by atoms with Crippen molar-refractivity contribution in [1.82, 2.24) is 9.78 Å². The molecule has 1 heterocycles. The van der Waals surface area contributed by atoms with Crippen LogP contribution in [0.1, 0.15) is 29.4 Å². The van der Waals surface area contributed by atoms with Gasteiger partial charge in [-0.2, -0.15) is 5.10 Å². The quantitative estimate of drug-likeness (QED) is 0.933. The van der Waals surface area contributed by atoms with Crippen LogP contribution >= 0.6 is 23.2 Å². The SMILES string of the molecule is CCCc1nn(-c2ccccc2Cl)c(Cl)c1C(=O)O. The first kappa shape index (κ1) is 13.9. The van der Waals surface area contributed by atoms with Gasteiger partial charge in [0.25, 0.3) is 0 Å². The van der Waals surface area contributed by atoms with E-state index in [2.05, 4.69) is 5.10 Å². The van der Waals surface area contributed by atoms with Gasteiger partial charge in [-0.3, -0.25) is 0 Å². The molecule has 19 heavy (non-hydrogen) atoms. The van der Waals surface area contributed by atoms with Crippen LogP contribution in [-0.4, -0.2) is 20.9 Å². The molecule has 0 aliphatic rings. The smallest absolute Gasteiger partial charge is 0.340 e. The molecule has 1 aromatic carbocycles. The van der Waals surface area contributed by atoms with Crippen LogP contribution < -0.4 is 0 Å². The zero-order valence-corrected chi connectivity index (χ0v) is 11.7. The third-order valence-corrected chi connectivity index (χ3v) is 3.35. The number of halogens is 2. The predicted octanol–water partition coefficient (Wildman–Crippen LogP) is 3.83. The minimum Gasteiger partial charge on any atom is -0.478 e. The van der Waals surface area contributed by atoms with E-state index in [0.717, 1.165) is 6.42 Å². The summed E-state index contributed by atoms with van der Waals surface area (Å²) in [6, 6.07) is 7.02. The molecule has 2 rings (SSSR count). The van der Waals surface area contributed by atoms with Gasteiger partial charge >= 0.3 is 5.97 Å². The van der Waals surface area contributed by atoms with Crippen LogP contribution in [0.15, 0.2) is 24.3 Å². The van der Waals surface area contributed by atoms with Gasteiger partial charge in [-0.05, 0) is 18.6 Å². The molecule has 0 aliphatic carbocycles. The van der Waals surface area contributed by atoms with Gasteiger partial charge in [-0.25, -0.2) is 9.48 Å². The van der Waals surface area contributed by atoms with Crippen LogP contribution in [0.4, 0.5) is 0 Å². The largest absolute Gasteiger partial charge is 0.478 e. The second kappa shape index (κ2) is 5.63. The molecule has 0 spiro atoms. The molecule has 100 valence electrons. The normalized spacial score (nSPS) is 10.7. The number of aromatic nitrogens is 2. The lowest BCUT2D eigenvalue weighted by Gasteiger charge is -2.04. The Morgan fingerprint density at radius 1 is 1.37 bits per heavy atom. The maximum Gasteiger partial charge on any atom is 0.340 e. The van der Waals surface area contributed by atoms with E-state index in [9.17, 15) is 9.90 Å². The summed E-state index contributed by atoms with van der Waals surface area (Å²) in [5.74, 6) is -1.08. The molecule has 0 bridgehead atoms. The lowest BCUT2D eigenvalue weighted by atomic mass is 10.2. The lowest BCUT2D eigenvalue weighted by molar-refractivity contribution is 0.0696. The van der Waals surface area contributed by atoms with E-state index in [1.165, 1.54) is 4.68 Å². The third kappa shape index (κ3) is 2.60. The topological polar surface area (TPSA) is 55.1 Å². The van der Waals surface area contributed by atoms with E-state index in [4.69, 9.17) is 23.2 Å². The third-order valence-electron chi connectivity index (χ3n) is 2.68. The molecule has 0 fully saturated rings. The summed E-state index contributed by atoms with van der Waals surface area (Å²) in [4.78, 5) is 11.3. The van der Waals surface area contributed by atoms with E-state index >= 15 is 0 Å². The fraction of sp³-hybridized carbons (Fsp3) is 0.231. The summed E-state index contributed by atoms with van der Waals surface area (Å²) in [6.07, 6.45) is 1.34. The summed E-state index contributed by atoms with van der Waals surface area (Å²) < 4.78 is 1.37. The molecular weight excluding hydrogens is 287 g/mol. The molecular formula is C13H12Cl2N2O2. The van der Waals surface area contributed by atoms with Crippen LogP contribution in [0.3, 0.4) is 0 Å². The highest BCUT2D eigenvalue weighted by molar-refractivity contribution is 6.34. The highest BCUT2D eigenvalue weighted by Gasteiger charge is 2.23. The number of aromatic carboxylic acids is 1. The van der Waals surface area contributed by atoms with Gasteiger partial charge in [-0.15, -0.1) is 0 Å². The zero-order valence-electron chi connectivity index (χ0n) is 10.2. The van der Waals surface area contributed by atoms with Crippen molar-refractivity contribution in [1.29, 1.82) is 0 Å². The number of benzene rings is 1. The summed E-state index contributed by atoms with van der Waals surface area (Å²) >= 11 is 12.2. The maximum absolute atomic E-state index is 11.3. The van der Waals surface area contributed by atoms with Crippen molar-refractivity contribution in [3.05, 3.63) is 45.7 Å². The van der Waals surface area contributed by atoms with Crippen LogP contribution in [-0.2, 0) is 6.42 Å². The van der Waals surface area contributed by atoms with Crippen molar-refractivity contribution in [2.45, 2.75) is 19.8 Å². The number of rotatable bonds is 4. The molecule has 0 aliphatic heterocycles. The van der Waals surface area contributed by atoms with E-state index < -0.39 is 5.97 Å². The average Bonchev–Trinajstić information content (AvgIpc) is 2.67. The Morgan fingerprint density at radius 3 is 2.63 bits per heavy atom. The second-order valence-electron chi connectivity index (χ2n) is 4.03. The molecule has 0 saturated heterocycles. The number of nitrogens with zero attached hydrogens (tertiary/aromatic N) is 2. The molecule has 0 atom stereocenters. The molecule has 0 unspecified atom stereocenters. The van der Waals surface area contributed by atoms with Gasteiger partial charge in [0.2, 0.25) is 0 Å². The Kier molecular flexibility index (Phi) is 4.12. The molecule has 1 aromatic heterocycles. The van der Waals surface area contributed by atoms with E-state index in [-0.39, 0.29) is 10.7 Å². The summed E-state index contributed by atoms with van der Waals surface area (Å²) in [6.45, 7) is 1.95. The highest BCUT2D eigenvalue weighted by atomic mass is 35.5. The van der Waals surface area contributed by atoms with E-state index in [1.807, 2.05) is 6.92 Å². The summed E-state index contributed by atoms with van der Waals surface area (Å²) in [5, 5.41) is 14.0. The van der Waals surface area contributed by atoms with Crippen molar-refractivity contribution >= 4 is 29.2 Å². The van der Waals surface area contributed by atoms with Crippen molar-refractivity contribution < 1.29 is 9.90 Å². The molecule has 0 amide bonds. The van der Waals surface area contributed by atoms with E-state index in [0.29, 0.717) is 22.8 Å². The number of hydrogen-bond donors (Lipinski definition) is 1. The number of carbonyl (C=O) groups is 1. The van der Waals surface area contributed by atoms with Gasteiger partial charge in [0.05, 0.1) is 16.4 Å². The monoisotopic (exact) mass is 298 g/mol. The fourth-order valence-electron chi connectivity index (χ4n) is 1.85. The average molecular weight is 299 g/mol. The van der Waals surface area contributed by atoms with Gasteiger partial charge in [0.1, 0.15) is 10.7 Å². The highest BCUT2D eigenvalue weighted by Crippen LogP contribution is 2.28. The standard InChI is InChI=1S/C13H12Cl2N2O2/c1-2-5-9-11(13(18)19)12(15)17(16-9)10-7-4-3-6-8(10)14/h3-4,6-7H,2,5H2,1H3,(H,18,19). The van der Waals surface area contributed by atoms with Crippen molar-refractivity contribution in [2.75, 3.05) is 0 Å². The molecule has 0 saturated carbocycles. The van der Waals surface area contributed by atoms with E-state index in [1.54, 1.807) is 24.3 Å². The van der Waals surface area contributed by atoms with Crippen LogP contribution in [0.2, 0.25) is 10.2 Å². The Labute approximate surface area is 120 Å². The summed E-state index contributed by atoms with van der Waals surface area (Å²) in [7, 11) is 0. The lowest BCUT2D eigenvalue weighted by Crippen LogP contribution is -2.00. The number of carboxylic acids is 1. The predicted molar refractivity (Wildman–Crippen MR) is 74.5 cm³/mol. The van der Waals surface area contributed by atoms with Gasteiger partial charge in [0, 0.05) is 0 Å². The first-order chi connectivity index (χ1) is 9.06. The number of para-hydroxylation sites is 1. The van der Waals surface area contributed by atoms with Crippen LogP contribution in [0, 0.1) is 0 Å². The van der Waals surface area contributed by atoms with Crippen molar-refractivity contribution in [2.24, 2.45) is 0 Å². The fourth-order valence-corrected chi connectivity index (χ4v) is 2.38. The van der Waals surface area contributed by atoms with Gasteiger partial charge in [-0.1, -0.05) is 48.7 Å². The second-order valence-corrected chi connectivity index (χ2v) is 4.80. The number of hydrogen-bond acceptors (Lipinski definition) is 2. The minimum atomic E-state index is -1.08. The maximum atomic E-state index is 11.3.